The minimum absolute atomic E-state index is 0.0578. The van der Waals surface area contributed by atoms with E-state index in [1.165, 1.54) is 6.92 Å². The highest BCUT2D eigenvalue weighted by molar-refractivity contribution is 5.96. The number of hydrogen-bond acceptors (Lipinski definition) is 1. The monoisotopic (exact) mass is 220 g/mol. The second kappa shape index (κ2) is 4.00. The summed E-state index contributed by atoms with van der Waals surface area (Å²) in [6, 6.07) is 1.90. The van der Waals surface area contributed by atoms with Gasteiger partial charge in [-0.2, -0.15) is 13.2 Å². The third-order valence-corrected chi connectivity index (χ3v) is 1.92. The van der Waals surface area contributed by atoms with Gasteiger partial charge in [-0.3, -0.25) is 4.79 Å². The third kappa shape index (κ3) is 2.55. The first-order valence-corrected chi connectivity index (χ1v) is 4.26. The molecule has 0 amide bonds. The first kappa shape index (κ1) is 11.7. The molecule has 1 nitrogen and oxygen atoms in total. The summed E-state index contributed by atoms with van der Waals surface area (Å²) in [6.07, 6.45) is -4.53. The molecule has 1 aromatic carbocycles. The average molecular weight is 220 g/mol. The Kier molecular flexibility index (Phi) is 3.12. The van der Waals surface area contributed by atoms with Crippen molar-refractivity contribution in [2.24, 2.45) is 0 Å². The zero-order valence-corrected chi connectivity index (χ0v) is 7.86. The highest BCUT2D eigenvalue weighted by atomic mass is 19.4. The number of carbonyl (C=O) groups excluding carboxylic acids is 1. The summed E-state index contributed by atoms with van der Waals surface area (Å²) in [5, 5.41) is 0. The van der Waals surface area contributed by atoms with Crippen LogP contribution in [-0.2, 0) is 6.18 Å². The van der Waals surface area contributed by atoms with Crippen molar-refractivity contribution in [1.82, 2.24) is 0 Å². The average Bonchev–Trinajstić information content (AvgIpc) is 2.15. The number of benzene rings is 1. The van der Waals surface area contributed by atoms with Crippen molar-refractivity contribution in [3.05, 3.63) is 35.1 Å². The van der Waals surface area contributed by atoms with Gasteiger partial charge in [0, 0.05) is 6.42 Å². The maximum Gasteiger partial charge on any atom is 0.416 e. The fourth-order valence-corrected chi connectivity index (χ4v) is 1.11. The largest absolute Gasteiger partial charge is 0.416 e. The summed E-state index contributed by atoms with van der Waals surface area (Å²) in [7, 11) is 0. The van der Waals surface area contributed by atoms with Crippen LogP contribution in [0.3, 0.4) is 0 Å². The Balaban J connectivity index is 3.15. The van der Waals surface area contributed by atoms with Crippen molar-refractivity contribution in [2.45, 2.75) is 19.5 Å². The first-order chi connectivity index (χ1) is 6.86. The number of Topliss-reactive ketones (excluding diaryl/α,β-unsaturated/α-hetero) is 1. The molecule has 82 valence electrons. The lowest BCUT2D eigenvalue weighted by Gasteiger charge is -2.07. The molecule has 0 aromatic heterocycles. The van der Waals surface area contributed by atoms with E-state index in [0.29, 0.717) is 12.1 Å². The topological polar surface area (TPSA) is 17.1 Å². The van der Waals surface area contributed by atoms with Crippen LogP contribution in [0.15, 0.2) is 18.2 Å². The number of alkyl halides is 3. The van der Waals surface area contributed by atoms with E-state index in [1.54, 1.807) is 0 Å². The number of ketones is 1. The maximum absolute atomic E-state index is 13.1. The van der Waals surface area contributed by atoms with E-state index in [4.69, 9.17) is 0 Å². The number of carbonyl (C=O) groups is 1. The predicted molar refractivity (Wildman–Crippen MR) is 46.0 cm³/mol. The molecule has 0 heterocycles. The van der Waals surface area contributed by atoms with Gasteiger partial charge in [0.2, 0.25) is 0 Å². The Hall–Kier alpha value is -1.39. The van der Waals surface area contributed by atoms with E-state index in [1.807, 2.05) is 0 Å². The summed E-state index contributed by atoms with van der Waals surface area (Å²) >= 11 is 0. The fourth-order valence-electron chi connectivity index (χ4n) is 1.11. The molecule has 0 atom stereocenters. The highest BCUT2D eigenvalue weighted by Crippen LogP contribution is 2.30. The van der Waals surface area contributed by atoms with Crippen LogP contribution in [-0.4, -0.2) is 5.78 Å². The summed E-state index contributed by atoms with van der Waals surface area (Å²) in [6.45, 7) is 1.51. The van der Waals surface area contributed by atoms with Crippen LogP contribution in [0.1, 0.15) is 29.3 Å². The molecule has 0 radical (unpaired) electrons. The van der Waals surface area contributed by atoms with Gasteiger partial charge in [-0.15, -0.1) is 0 Å². The van der Waals surface area contributed by atoms with Gasteiger partial charge in [0.1, 0.15) is 5.82 Å². The van der Waals surface area contributed by atoms with Crippen molar-refractivity contribution >= 4 is 5.78 Å². The summed E-state index contributed by atoms with van der Waals surface area (Å²) < 4.78 is 49.5. The molecule has 1 rings (SSSR count). The van der Waals surface area contributed by atoms with Gasteiger partial charge in [-0.25, -0.2) is 4.39 Å². The maximum atomic E-state index is 13.1. The molecule has 0 aliphatic rings. The Bertz CT molecular complexity index is 381. The zero-order valence-electron chi connectivity index (χ0n) is 7.86. The minimum Gasteiger partial charge on any atom is -0.294 e. The fraction of sp³-hybridized carbons (Fsp3) is 0.300. The van der Waals surface area contributed by atoms with Gasteiger partial charge in [0.05, 0.1) is 11.1 Å². The van der Waals surface area contributed by atoms with Crippen molar-refractivity contribution in [1.29, 1.82) is 0 Å². The standard InChI is InChI=1S/C10H8F4O/c1-2-9(15)7-4-3-6(5-8(7)11)10(12,13)14/h3-5H,2H2,1H3. The van der Waals surface area contributed by atoms with Crippen LogP contribution in [0.4, 0.5) is 17.6 Å². The molecular formula is C10H8F4O. The third-order valence-electron chi connectivity index (χ3n) is 1.92. The van der Waals surface area contributed by atoms with Gasteiger partial charge in [-0.05, 0) is 18.2 Å². The van der Waals surface area contributed by atoms with Crippen molar-refractivity contribution in [3.8, 4) is 0 Å². The second-order valence-electron chi connectivity index (χ2n) is 2.97. The lowest BCUT2D eigenvalue weighted by molar-refractivity contribution is -0.137. The smallest absolute Gasteiger partial charge is 0.294 e. The van der Waals surface area contributed by atoms with Crippen molar-refractivity contribution in [2.75, 3.05) is 0 Å². The van der Waals surface area contributed by atoms with E-state index in [9.17, 15) is 22.4 Å². The predicted octanol–water partition coefficient (Wildman–Crippen LogP) is 3.44. The molecule has 1 aromatic rings. The summed E-state index contributed by atoms with van der Waals surface area (Å²) in [5.74, 6) is -1.64. The Morgan fingerprint density at radius 3 is 2.33 bits per heavy atom. The molecule has 15 heavy (non-hydrogen) atoms. The second-order valence-corrected chi connectivity index (χ2v) is 2.97. The van der Waals surface area contributed by atoms with Crippen molar-refractivity contribution < 1.29 is 22.4 Å². The van der Waals surface area contributed by atoms with E-state index >= 15 is 0 Å². The van der Waals surface area contributed by atoms with Crippen LogP contribution in [0.2, 0.25) is 0 Å². The minimum atomic E-state index is -4.59. The zero-order chi connectivity index (χ0) is 11.6. The molecule has 5 heteroatoms. The Morgan fingerprint density at radius 1 is 1.33 bits per heavy atom. The van der Waals surface area contributed by atoms with Gasteiger partial charge in [0.25, 0.3) is 0 Å². The van der Waals surface area contributed by atoms with Crippen LogP contribution < -0.4 is 0 Å². The lowest BCUT2D eigenvalue weighted by atomic mass is 10.1. The van der Waals surface area contributed by atoms with Gasteiger partial charge >= 0.3 is 6.18 Å². The number of hydrogen-bond donors (Lipinski definition) is 0. The highest BCUT2D eigenvalue weighted by Gasteiger charge is 2.31. The SMILES string of the molecule is CCC(=O)c1ccc(C(F)(F)F)cc1F. The van der Waals surface area contributed by atoms with Crippen LogP contribution in [0.5, 0.6) is 0 Å². The van der Waals surface area contributed by atoms with Gasteiger partial charge in [-0.1, -0.05) is 6.92 Å². The molecule has 0 saturated heterocycles. The normalized spacial score (nSPS) is 11.5. The molecule has 0 aliphatic carbocycles. The Morgan fingerprint density at radius 2 is 1.93 bits per heavy atom. The molecule has 0 bridgehead atoms. The number of halogens is 4. The van der Waals surface area contributed by atoms with Gasteiger partial charge < -0.3 is 0 Å². The Labute approximate surface area is 83.7 Å². The molecule has 0 spiro atoms. The lowest BCUT2D eigenvalue weighted by Crippen LogP contribution is -2.08. The quantitative estimate of drug-likeness (QED) is 0.551. The van der Waals surface area contributed by atoms with E-state index in [0.717, 1.165) is 6.07 Å². The van der Waals surface area contributed by atoms with Gasteiger partial charge in [0.15, 0.2) is 5.78 Å². The summed E-state index contributed by atoms with van der Waals surface area (Å²) in [4.78, 5) is 11.1. The molecule has 0 saturated carbocycles. The van der Waals surface area contributed by atoms with E-state index < -0.39 is 23.3 Å². The number of rotatable bonds is 2. The van der Waals surface area contributed by atoms with Crippen LogP contribution in [0, 0.1) is 5.82 Å². The van der Waals surface area contributed by atoms with Crippen molar-refractivity contribution in [3.63, 3.8) is 0 Å². The molecular weight excluding hydrogens is 212 g/mol. The molecule has 0 unspecified atom stereocenters. The van der Waals surface area contributed by atoms with E-state index in [2.05, 4.69) is 0 Å². The van der Waals surface area contributed by atoms with Crippen LogP contribution >= 0.6 is 0 Å². The summed E-state index contributed by atoms with van der Waals surface area (Å²) in [5.41, 5.74) is -1.39. The molecule has 0 N–H and O–H groups in total. The van der Waals surface area contributed by atoms with E-state index in [-0.39, 0.29) is 12.0 Å². The first-order valence-electron chi connectivity index (χ1n) is 4.26. The van der Waals surface area contributed by atoms with Crippen LogP contribution in [0.25, 0.3) is 0 Å². The molecule has 0 aliphatic heterocycles. The molecule has 0 fully saturated rings.